The molecule has 2 saturated heterocycles. The van der Waals surface area contributed by atoms with E-state index in [1.165, 1.54) is 12.1 Å². The summed E-state index contributed by atoms with van der Waals surface area (Å²) in [4.78, 5) is 25.7. The van der Waals surface area contributed by atoms with Crippen molar-refractivity contribution in [3.8, 4) is 0 Å². The maximum Gasteiger partial charge on any atom is 0.313 e. The number of hydrogen-bond acceptors (Lipinski definition) is 4. The topological polar surface area (TPSA) is 78.9 Å². The number of carbonyl (C=O) groups excluding carboxylic acids is 1. The molecule has 2 heterocycles. The molecule has 0 spiro atoms. The summed E-state index contributed by atoms with van der Waals surface area (Å²) in [5.41, 5.74) is 0.0722. The Morgan fingerprint density at radius 1 is 1.36 bits per heavy atom. The molecule has 6 nitrogen and oxygen atoms in total. The van der Waals surface area contributed by atoms with Crippen LogP contribution in [0.1, 0.15) is 12.0 Å². The molecule has 7 heteroatoms. The number of aliphatic carboxylic acids is 1. The van der Waals surface area contributed by atoms with E-state index < -0.39 is 11.4 Å². The molecular formula is C18H23FN2O4. The highest BCUT2D eigenvalue weighted by Gasteiger charge is 2.54. The minimum atomic E-state index is -0.882. The second-order valence-electron chi connectivity index (χ2n) is 6.90. The van der Waals surface area contributed by atoms with Crippen LogP contribution in [-0.2, 0) is 20.7 Å². The van der Waals surface area contributed by atoms with Crippen molar-refractivity contribution in [2.45, 2.75) is 12.8 Å². The van der Waals surface area contributed by atoms with Gasteiger partial charge in [0.2, 0.25) is 5.91 Å². The quantitative estimate of drug-likeness (QED) is 0.797. The van der Waals surface area contributed by atoms with Crippen molar-refractivity contribution in [3.63, 3.8) is 0 Å². The van der Waals surface area contributed by atoms with Crippen LogP contribution in [0.4, 0.5) is 4.39 Å². The fourth-order valence-corrected chi connectivity index (χ4v) is 3.77. The van der Waals surface area contributed by atoms with Crippen molar-refractivity contribution >= 4 is 11.9 Å². The molecule has 1 aromatic carbocycles. The Bertz CT molecular complexity index is 636. The summed E-state index contributed by atoms with van der Waals surface area (Å²) in [5, 5.41) is 12.4. The summed E-state index contributed by atoms with van der Waals surface area (Å²) in [6.07, 6.45) is 1.34. The molecule has 1 aromatic rings. The highest BCUT2D eigenvalue weighted by Crippen LogP contribution is 2.41. The van der Waals surface area contributed by atoms with E-state index in [4.69, 9.17) is 4.74 Å². The van der Waals surface area contributed by atoms with Gasteiger partial charge in [-0.05, 0) is 36.5 Å². The maximum atomic E-state index is 12.9. The molecule has 1 amide bonds. The molecule has 0 aliphatic carbocycles. The Kier molecular flexibility index (Phi) is 5.34. The number of fused-ring (bicyclic) bond motifs is 1. The zero-order valence-electron chi connectivity index (χ0n) is 14.0. The number of benzene rings is 1. The fourth-order valence-electron chi connectivity index (χ4n) is 3.77. The molecule has 0 unspecified atom stereocenters. The minimum Gasteiger partial charge on any atom is -0.481 e. The SMILES string of the molecule is O=C(CN1C[C@@H]2CCOC[C@]2(C(=O)O)C1)NCCc1ccc(F)cc1. The highest BCUT2D eigenvalue weighted by atomic mass is 19.1. The first-order chi connectivity index (χ1) is 12.0. The van der Waals surface area contributed by atoms with Crippen LogP contribution in [0.25, 0.3) is 0 Å². The lowest BCUT2D eigenvalue weighted by molar-refractivity contribution is -0.160. The van der Waals surface area contributed by atoms with E-state index in [2.05, 4.69) is 5.32 Å². The van der Waals surface area contributed by atoms with Crippen molar-refractivity contribution in [2.24, 2.45) is 11.3 Å². The van der Waals surface area contributed by atoms with Crippen LogP contribution < -0.4 is 5.32 Å². The lowest BCUT2D eigenvalue weighted by Gasteiger charge is -2.34. The van der Waals surface area contributed by atoms with E-state index in [0.29, 0.717) is 32.7 Å². The second kappa shape index (κ2) is 7.49. The van der Waals surface area contributed by atoms with Crippen molar-refractivity contribution in [1.29, 1.82) is 0 Å². The number of hydrogen-bond donors (Lipinski definition) is 2. The Labute approximate surface area is 146 Å². The first-order valence-electron chi connectivity index (χ1n) is 8.54. The van der Waals surface area contributed by atoms with Gasteiger partial charge in [-0.1, -0.05) is 12.1 Å². The van der Waals surface area contributed by atoms with Crippen molar-refractivity contribution in [1.82, 2.24) is 10.2 Å². The van der Waals surface area contributed by atoms with E-state index >= 15 is 0 Å². The summed E-state index contributed by atoms with van der Waals surface area (Å²) in [6.45, 7) is 2.41. The number of halogens is 1. The van der Waals surface area contributed by atoms with Gasteiger partial charge in [0.25, 0.3) is 0 Å². The number of amides is 1. The van der Waals surface area contributed by atoms with Crippen LogP contribution in [-0.4, -0.2) is 61.3 Å². The number of nitrogens with one attached hydrogen (secondary N) is 1. The normalized spacial score (nSPS) is 26.2. The molecular weight excluding hydrogens is 327 g/mol. The summed E-state index contributed by atoms with van der Waals surface area (Å²) in [5.74, 6) is -1.20. The molecule has 2 aliphatic rings. The van der Waals surface area contributed by atoms with Crippen LogP contribution in [0.2, 0.25) is 0 Å². The Morgan fingerprint density at radius 2 is 2.12 bits per heavy atom. The molecule has 0 bridgehead atoms. The van der Waals surface area contributed by atoms with Crippen molar-refractivity contribution in [3.05, 3.63) is 35.6 Å². The monoisotopic (exact) mass is 350 g/mol. The molecule has 2 atom stereocenters. The second-order valence-corrected chi connectivity index (χ2v) is 6.90. The Morgan fingerprint density at radius 3 is 2.80 bits per heavy atom. The van der Waals surface area contributed by atoms with Gasteiger partial charge in [0.05, 0.1) is 13.2 Å². The van der Waals surface area contributed by atoms with Gasteiger partial charge in [0.15, 0.2) is 0 Å². The number of ether oxygens (including phenoxy) is 1. The van der Waals surface area contributed by atoms with Gasteiger partial charge in [0.1, 0.15) is 11.2 Å². The van der Waals surface area contributed by atoms with Crippen LogP contribution in [0.15, 0.2) is 24.3 Å². The van der Waals surface area contributed by atoms with Gasteiger partial charge in [-0.3, -0.25) is 14.5 Å². The first-order valence-corrected chi connectivity index (χ1v) is 8.54. The number of nitrogens with zero attached hydrogens (tertiary/aromatic N) is 1. The first kappa shape index (κ1) is 17.8. The van der Waals surface area contributed by atoms with Crippen LogP contribution in [0, 0.1) is 17.2 Å². The van der Waals surface area contributed by atoms with Crippen LogP contribution >= 0.6 is 0 Å². The predicted octanol–water partition coefficient (Wildman–Crippen LogP) is 0.908. The molecule has 0 saturated carbocycles. The van der Waals surface area contributed by atoms with E-state index in [-0.39, 0.29) is 30.8 Å². The highest BCUT2D eigenvalue weighted by molar-refractivity contribution is 5.79. The van der Waals surface area contributed by atoms with E-state index in [1.54, 1.807) is 12.1 Å². The smallest absolute Gasteiger partial charge is 0.313 e. The predicted molar refractivity (Wildman–Crippen MR) is 88.5 cm³/mol. The van der Waals surface area contributed by atoms with Gasteiger partial charge in [0, 0.05) is 26.2 Å². The summed E-state index contributed by atoms with van der Waals surface area (Å²) in [7, 11) is 0. The molecule has 0 aromatic heterocycles. The average Bonchev–Trinajstić information content (AvgIpc) is 2.96. The molecule has 3 rings (SSSR count). The van der Waals surface area contributed by atoms with Gasteiger partial charge in [-0.15, -0.1) is 0 Å². The number of carbonyl (C=O) groups is 2. The maximum absolute atomic E-state index is 12.9. The van der Waals surface area contributed by atoms with Crippen molar-refractivity contribution < 1.29 is 23.8 Å². The van der Waals surface area contributed by atoms with E-state index in [9.17, 15) is 19.1 Å². The standard InChI is InChI=1S/C18H23FN2O4/c19-15-3-1-13(2-4-15)5-7-20-16(22)10-21-9-14-6-8-25-12-18(14,11-21)17(23)24/h1-4,14H,5-12H2,(H,20,22)(H,23,24)/t14-,18+/m0/s1. The minimum absolute atomic E-state index is 0.0331. The van der Waals surface area contributed by atoms with Gasteiger partial charge >= 0.3 is 5.97 Å². The fraction of sp³-hybridized carbons (Fsp3) is 0.556. The van der Waals surface area contributed by atoms with Crippen LogP contribution in [0.5, 0.6) is 0 Å². The Hall–Kier alpha value is -1.99. The molecule has 0 radical (unpaired) electrons. The lowest BCUT2D eigenvalue weighted by Crippen LogP contribution is -2.46. The number of likely N-dealkylation sites (tertiary alicyclic amines) is 1. The van der Waals surface area contributed by atoms with E-state index in [1.807, 2.05) is 4.90 Å². The molecule has 2 aliphatic heterocycles. The summed E-state index contributed by atoms with van der Waals surface area (Å²) >= 11 is 0. The van der Waals surface area contributed by atoms with Crippen molar-refractivity contribution in [2.75, 3.05) is 39.4 Å². The number of carboxylic acid groups (broad SMARTS) is 1. The molecule has 25 heavy (non-hydrogen) atoms. The van der Waals surface area contributed by atoms with Gasteiger partial charge in [-0.25, -0.2) is 4.39 Å². The van der Waals surface area contributed by atoms with Gasteiger partial charge in [-0.2, -0.15) is 0 Å². The third kappa shape index (κ3) is 3.99. The molecule has 136 valence electrons. The number of rotatable bonds is 6. The zero-order chi connectivity index (χ0) is 17.9. The zero-order valence-corrected chi connectivity index (χ0v) is 14.0. The van der Waals surface area contributed by atoms with E-state index in [0.717, 1.165) is 12.0 Å². The molecule has 2 N–H and O–H groups in total. The average molecular weight is 350 g/mol. The third-order valence-electron chi connectivity index (χ3n) is 5.18. The van der Waals surface area contributed by atoms with Gasteiger partial charge < -0.3 is 15.2 Å². The largest absolute Gasteiger partial charge is 0.481 e. The third-order valence-corrected chi connectivity index (χ3v) is 5.18. The summed E-state index contributed by atoms with van der Waals surface area (Å²) in [6, 6.07) is 6.19. The molecule has 2 fully saturated rings. The Balaban J connectivity index is 1.47. The van der Waals surface area contributed by atoms with Crippen LogP contribution in [0.3, 0.4) is 0 Å². The lowest BCUT2D eigenvalue weighted by atomic mass is 9.76. The summed E-state index contributed by atoms with van der Waals surface area (Å²) < 4.78 is 18.2. The number of carboxylic acids is 1.